The highest BCUT2D eigenvalue weighted by Gasteiger charge is 2.00. The summed E-state index contributed by atoms with van der Waals surface area (Å²) in [5, 5.41) is 3.39. The van der Waals surface area contributed by atoms with Crippen LogP contribution >= 0.6 is 35.6 Å². The number of halogens is 1. The van der Waals surface area contributed by atoms with E-state index in [4.69, 9.17) is 28.3 Å². The number of benzene rings is 1. The van der Waals surface area contributed by atoms with Gasteiger partial charge >= 0.3 is 4.84 Å². The van der Waals surface area contributed by atoms with Gasteiger partial charge in [0.05, 0.1) is 5.75 Å². The molecule has 0 aliphatic carbocycles. The minimum Gasteiger partial charge on any atom is -0.348 e. The van der Waals surface area contributed by atoms with E-state index < -0.39 is 0 Å². The number of rotatable bonds is 3. The second-order valence-electron chi connectivity index (χ2n) is 2.77. The first-order valence-corrected chi connectivity index (χ1v) is 5.94. The van der Waals surface area contributed by atoms with Gasteiger partial charge in [-0.05, 0) is 36.5 Å². The van der Waals surface area contributed by atoms with Gasteiger partial charge in [-0.2, -0.15) is 4.98 Å². The van der Waals surface area contributed by atoms with Crippen LogP contribution in [-0.2, 0) is 5.75 Å². The van der Waals surface area contributed by atoms with E-state index in [1.54, 1.807) is 11.8 Å². The summed E-state index contributed by atoms with van der Waals surface area (Å²) in [5.41, 5.74) is 0. The first kappa shape index (κ1) is 10.7. The van der Waals surface area contributed by atoms with E-state index in [0.717, 1.165) is 15.7 Å². The molecule has 0 spiro atoms. The van der Waals surface area contributed by atoms with E-state index in [-0.39, 0.29) is 4.84 Å². The second kappa shape index (κ2) is 4.83. The number of aromatic amines is 1. The second-order valence-corrected chi connectivity index (χ2v) is 4.61. The molecule has 0 aliphatic rings. The molecule has 1 aromatic carbocycles. The van der Waals surface area contributed by atoms with Crippen molar-refractivity contribution in [1.29, 1.82) is 0 Å². The van der Waals surface area contributed by atoms with E-state index in [2.05, 4.69) is 10.1 Å². The zero-order chi connectivity index (χ0) is 10.7. The van der Waals surface area contributed by atoms with Crippen LogP contribution in [0.1, 0.15) is 5.82 Å². The third-order valence-corrected chi connectivity index (χ3v) is 3.12. The van der Waals surface area contributed by atoms with Gasteiger partial charge in [0.2, 0.25) is 0 Å². The number of aromatic nitrogens is 2. The van der Waals surface area contributed by atoms with Crippen LogP contribution in [-0.4, -0.2) is 10.1 Å². The maximum atomic E-state index is 5.78. The molecule has 15 heavy (non-hydrogen) atoms. The number of nitrogens with one attached hydrogen (secondary N) is 1. The van der Waals surface area contributed by atoms with E-state index >= 15 is 0 Å². The Bertz CT molecular complexity index is 491. The van der Waals surface area contributed by atoms with Crippen molar-refractivity contribution in [3.63, 3.8) is 0 Å². The van der Waals surface area contributed by atoms with Gasteiger partial charge in [-0.1, -0.05) is 11.6 Å². The largest absolute Gasteiger partial charge is 0.348 e. The maximum absolute atomic E-state index is 5.78. The fourth-order valence-electron chi connectivity index (χ4n) is 1.00. The fourth-order valence-corrected chi connectivity index (χ4v) is 2.04. The van der Waals surface area contributed by atoms with Crippen molar-refractivity contribution in [2.45, 2.75) is 10.6 Å². The molecule has 0 amide bonds. The van der Waals surface area contributed by atoms with Crippen molar-refractivity contribution >= 4 is 35.6 Å². The molecular weight excluding hydrogens is 252 g/mol. The summed E-state index contributed by atoms with van der Waals surface area (Å²) in [6.45, 7) is 0. The smallest absolute Gasteiger partial charge is 0.314 e. The summed E-state index contributed by atoms with van der Waals surface area (Å²) in [5.74, 6) is 1.43. The van der Waals surface area contributed by atoms with Gasteiger partial charge in [-0.3, -0.25) is 0 Å². The maximum Gasteiger partial charge on any atom is 0.314 e. The van der Waals surface area contributed by atoms with E-state index in [1.165, 1.54) is 0 Å². The van der Waals surface area contributed by atoms with E-state index in [9.17, 15) is 0 Å². The Labute approximate surface area is 101 Å². The van der Waals surface area contributed by atoms with Crippen LogP contribution in [0.3, 0.4) is 0 Å². The molecular formula is C9H7ClN2OS2. The van der Waals surface area contributed by atoms with Gasteiger partial charge in [0.15, 0.2) is 5.82 Å². The van der Waals surface area contributed by atoms with E-state index in [0.29, 0.717) is 5.75 Å². The first-order chi connectivity index (χ1) is 7.24. The van der Waals surface area contributed by atoms with Crippen LogP contribution < -0.4 is 0 Å². The standard InChI is InChI=1S/C9H7ClN2OS2/c10-6-1-3-7(4-2-6)15-5-8-11-9(14)13-12-8/h1-4H,5H2,(H,11,12,14). The van der Waals surface area contributed by atoms with Gasteiger partial charge in [-0.15, -0.1) is 11.8 Å². The first-order valence-electron chi connectivity index (χ1n) is 4.17. The summed E-state index contributed by atoms with van der Waals surface area (Å²) in [7, 11) is 0. The van der Waals surface area contributed by atoms with Crippen molar-refractivity contribution in [3.8, 4) is 0 Å². The number of hydrogen-bond donors (Lipinski definition) is 1. The van der Waals surface area contributed by atoms with Gasteiger partial charge in [0.1, 0.15) is 0 Å². The van der Waals surface area contributed by atoms with Crippen LogP contribution in [0.2, 0.25) is 5.02 Å². The Kier molecular flexibility index (Phi) is 3.45. The van der Waals surface area contributed by atoms with Crippen molar-refractivity contribution in [1.82, 2.24) is 10.1 Å². The zero-order valence-corrected chi connectivity index (χ0v) is 9.96. The molecule has 0 aliphatic heterocycles. The number of H-pyrrole nitrogens is 1. The summed E-state index contributed by atoms with van der Waals surface area (Å²) in [6, 6.07) is 7.63. The topological polar surface area (TPSA) is 41.8 Å². The number of thioether (sulfide) groups is 1. The SMILES string of the molecule is S=c1nc(CSc2ccc(Cl)cc2)[nH]o1. The molecule has 0 saturated carbocycles. The Hall–Kier alpha value is -0.780. The van der Waals surface area contributed by atoms with Gasteiger partial charge < -0.3 is 4.52 Å². The van der Waals surface area contributed by atoms with Crippen molar-refractivity contribution in [2.24, 2.45) is 0 Å². The molecule has 3 nitrogen and oxygen atoms in total. The molecule has 0 radical (unpaired) electrons. The average Bonchev–Trinajstić information content (AvgIpc) is 2.64. The Morgan fingerprint density at radius 2 is 2.13 bits per heavy atom. The van der Waals surface area contributed by atoms with Crippen molar-refractivity contribution in [2.75, 3.05) is 0 Å². The molecule has 0 saturated heterocycles. The van der Waals surface area contributed by atoms with Crippen LogP contribution in [0.4, 0.5) is 0 Å². The van der Waals surface area contributed by atoms with Gasteiger partial charge in [0, 0.05) is 9.92 Å². The summed E-state index contributed by atoms with van der Waals surface area (Å²) >= 11 is 12.2. The van der Waals surface area contributed by atoms with Gasteiger partial charge in [0.25, 0.3) is 0 Å². The molecule has 0 bridgehead atoms. The molecule has 2 aromatic rings. The molecule has 0 fully saturated rings. The number of nitrogens with zero attached hydrogens (tertiary/aromatic N) is 1. The average molecular weight is 259 g/mol. The number of hydrogen-bond acceptors (Lipinski definition) is 4. The molecule has 1 N–H and O–H groups in total. The fraction of sp³-hybridized carbons (Fsp3) is 0.111. The predicted octanol–water partition coefficient (Wildman–Crippen LogP) is 3.68. The summed E-state index contributed by atoms with van der Waals surface area (Å²) in [4.78, 5) is 5.35. The third kappa shape index (κ3) is 3.09. The van der Waals surface area contributed by atoms with Crippen molar-refractivity contribution < 1.29 is 4.52 Å². The lowest BCUT2D eigenvalue weighted by Gasteiger charge is -1.98. The highest BCUT2D eigenvalue weighted by Crippen LogP contribution is 2.22. The normalized spacial score (nSPS) is 10.5. The minimum atomic E-state index is 0.238. The van der Waals surface area contributed by atoms with Crippen LogP contribution in [0, 0.1) is 4.84 Å². The molecule has 0 atom stereocenters. The highest BCUT2D eigenvalue weighted by molar-refractivity contribution is 7.98. The van der Waals surface area contributed by atoms with Crippen LogP contribution in [0.25, 0.3) is 0 Å². The van der Waals surface area contributed by atoms with Crippen LogP contribution in [0.15, 0.2) is 33.7 Å². The van der Waals surface area contributed by atoms with Gasteiger partial charge in [-0.25, -0.2) is 5.16 Å². The van der Waals surface area contributed by atoms with Crippen molar-refractivity contribution in [3.05, 3.63) is 39.9 Å². The minimum absolute atomic E-state index is 0.238. The lowest BCUT2D eigenvalue weighted by Crippen LogP contribution is -1.82. The summed E-state index contributed by atoms with van der Waals surface area (Å²) in [6.07, 6.45) is 0. The molecule has 2 rings (SSSR count). The molecule has 78 valence electrons. The molecule has 1 heterocycles. The quantitative estimate of drug-likeness (QED) is 0.674. The monoisotopic (exact) mass is 258 g/mol. The highest BCUT2D eigenvalue weighted by atomic mass is 35.5. The van der Waals surface area contributed by atoms with E-state index in [1.807, 2.05) is 24.3 Å². The Morgan fingerprint density at radius 1 is 1.40 bits per heavy atom. The Morgan fingerprint density at radius 3 is 2.73 bits per heavy atom. The summed E-state index contributed by atoms with van der Waals surface area (Å²) < 4.78 is 4.82. The predicted molar refractivity (Wildman–Crippen MR) is 62.7 cm³/mol. The lowest BCUT2D eigenvalue weighted by atomic mass is 10.4. The molecule has 1 aromatic heterocycles. The Balaban J connectivity index is 1.99. The van der Waals surface area contributed by atoms with Crippen LogP contribution in [0.5, 0.6) is 0 Å². The molecule has 6 heteroatoms. The lowest BCUT2D eigenvalue weighted by molar-refractivity contribution is 0.400. The third-order valence-electron chi connectivity index (χ3n) is 1.67. The zero-order valence-electron chi connectivity index (χ0n) is 7.57. The molecule has 0 unspecified atom stereocenters.